The molecule has 1 aliphatic rings. The van der Waals surface area contributed by atoms with Crippen LogP contribution in [0.4, 0.5) is 0 Å². The van der Waals surface area contributed by atoms with Crippen molar-refractivity contribution in [2.24, 2.45) is 0 Å². The minimum absolute atomic E-state index is 0.0153. The third kappa shape index (κ3) is 1.92. The van der Waals surface area contributed by atoms with E-state index in [9.17, 15) is 9.59 Å². The molecule has 2 N–H and O–H groups in total. The quantitative estimate of drug-likeness (QED) is 0.869. The fourth-order valence-corrected chi connectivity index (χ4v) is 3.53. The highest BCUT2D eigenvalue weighted by atomic mass is 32.2. The van der Waals surface area contributed by atoms with Crippen LogP contribution in [-0.2, 0) is 4.79 Å². The molecule has 0 saturated heterocycles. The number of hydrogen-bond donors (Lipinski definition) is 2. The van der Waals surface area contributed by atoms with E-state index in [0.717, 1.165) is 22.6 Å². The summed E-state index contributed by atoms with van der Waals surface area (Å²) in [5.74, 6) is -0.363. The number of carbonyl (C=O) groups is 1. The van der Waals surface area contributed by atoms with Crippen molar-refractivity contribution in [3.63, 3.8) is 0 Å². The number of nitrogens with one attached hydrogen (secondary N) is 1. The Morgan fingerprint density at radius 3 is 3.17 bits per heavy atom. The van der Waals surface area contributed by atoms with Gasteiger partial charge < -0.3 is 9.52 Å². The summed E-state index contributed by atoms with van der Waals surface area (Å²) in [7, 11) is 0. The van der Waals surface area contributed by atoms with E-state index in [4.69, 9.17) is 9.52 Å². The Bertz CT molecular complexity index is 672. The maximum Gasteiger partial charge on any atom is 0.417 e. The number of benzene rings is 1. The first-order chi connectivity index (χ1) is 8.63. The molecule has 0 amide bonds. The average Bonchev–Trinajstić information content (AvgIpc) is 2.65. The van der Waals surface area contributed by atoms with E-state index in [1.54, 1.807) is 11.8 Å². The summed E-state index contributed by atoms with van der Waals surface area (Å²) < 4.78 is 5.01. The van der Waals surface area contributed by atoms with Gasteiger partial charge in [0.15, 0.2) is 5.58 Å². The molecular weight excluding hydrogens is 254 g/mol. The second-order valence-electron chi connectivity index (χ2n) is 4.33. The van der Waals surface area contributed by atoms with Gasteiger partial charge in [-0.1, -0.05) is 0 Å². The zero-order valence-corrected chi connectivity index (χ0v) is 10.3. The molecule has 1 aromatic heterocycles. The van der Waals surface area contributed by atoms with Crippen LogP contribution >= 0.6 is 11.8 Å². The number of rotatable bonds is 2. The van der Waals surface area contributed by atoms with Crippen LogP contribution in [-0.4, -0.2) is 21.8 Å². The van der Waals surface area contributed by atoms with Crippen LogP contribution in [0, 0.1) is 0 Å². The summed E-state index contributed by atoms with van der Waals surface area (Å²) in [6.07, 6.45) is 0.971. The summed E-state index contributed by atoms with van der Waals surface area (Å²) in [4.78, 5) is 25.6. The second kappa shape index (κ2) is 4.20. The van der Waals surface area contributed by atoms with Crippen molar-refractivity contribution in [3.8, 4) is 0 Å². The molecule has 1 unspecified atom stereocenters. The van der Waals surface area contributed by atoms with Gasteiger partial charge in [0, 0.05) is 4.90 Å². The minimum atomic E-state index is -0.793. The van der Waals surface area contributed by atoms with Crippen LogP contribution in [0.25, 0.3) is 11.1 Å². The SMILES string of the molecule is O=C(O)CC1CCSc2cc3oc(=O)[nH]c3cc21. The Balaban J connectivity index is 2.12. The highest BCUT2D eigenvalue weighted by Gasteiger charge is 2.24. The summed E-state index contributed by atoms with van der Waals surface area (Å²) in [5, 5.41) is 8.93. The van der Waals surface area contributed by atoms with E-state index in [0.29, 0.717) is 11.1 Å². The smallest absolute Gasteiger partial charge is 0.417 e. The molecule has 3 rings (SSSR count). The lowest BCUT2D eigenvalue weighted by Gasteiger charge is -2.23. The summed E-state index contributed by atoms with van der Waals surface area (Å²) >= 11 is 1.67. The number of aromatic nitrogens is 1. The molecule has 1 atom stereocenters. The molecular formula is C12H11NO4S. The largest absolute Gasteiger partial charge is 0.481 e. The zero-order valence-electron chi connectivity index (χ0n) is 9.43. The van der Waals surface area contributed by atoms with Crippen LogP contribution in [0.2, 0.25) is 0 Å². The summed E-state index contributed by atoms with van der Waals surface area (Å²) in [6.45, 7) is 0. The van der Waals surface area contributed by atoms with Gasteiger partial charge in [-0.3, -0.25) is 9.78 Å². The first-order valence-electron chi connectivity index (χ1n) is 5.65. The van der Waals surface area contributed by atoms with E-state index in [1.165, 1.54) is 0 Å². The molecule has 5 nitrogen and oxygen atoms in total. The third-order valence-electron chi connectivity index (χ3n) is 3.14. The van der Waals surface area contributed by atoms with E-state index in [1.807, 2.05) is 12.1 Å². The molecule has 1 aliphatic heterocycles. The Morgan fingerprint density at radius 1 is 1.56 bits per heavy atom. The van der Waals surface area contributed by atoms with Gasteiger partial charge in [-0.2, -0.15) is 0 Å². The van der Waals surface area contributed by atoms with Gasteiger partial charge in [0.25, 0.3) is 0 Å². The maximum atomic E-state index is 11.1. The van der Waals surface area contributed by atoms with Gasteiger partial charge in [0.2, 0.25) is 0 Å². The molecule has 0 bridgehead atoms. The number of aliphatic carboxylic acids is 1. The Morgan fingerprint density at radius 2 is 2.39 bits per heavy atom. The van der Waals surface area contributed by atoms with Gasteiger partial charge in [-0.05, 0) is 35.8 Å². The fraction of sp³-hybridized carbons (Fsp3) is 0.333. The van der Waals surface area contributed by atoms with Crippen LogP contribution in [0.5, 0.6) is 0 Å². The van der Waals surface area contributed by atoms with Crippen molar-refractivity contribution < 1.29 is 14.3 Å². The molecule has 2 aromatic rings. The van der Waals surface area contributed by atoms with Crippen LogP contribution in [0.3, 0.4) is 0 Å². The third-order valence-corrected chi connectivity index (χ3v) is 4.24. The van der Waals surface area contributed by atoms with Gasteiger partial charge in [-0.25, -0.2) is 4.79 Å². The molecule has 0 saturated carbocycles. The molecule has 18 heavy (non-hydrogen) atoms. The molecule has 0 fully saturated rings. The normalized spacial score (nSPS) is 18.8. The number of carboxylic acids is 1. The fourth-order valence-electron chi connectivity index (χ4n) is 2.33. The minimum Gasteiger partial charge on any atom is -0.481 e. The Kier molecular flexibility index (Phi) is 2.66. The van der Waals surface area contributed by atoms with Crippen molar-refractivity contribution in [1.29, 1.82) is 0 Å². The standard InChI is InChI=1S/C12H11NO4S/c14-11(15)3-6-1-2-18-10-5-9-8(4-7(6)10)13-12(16)17-9/h4-6H,1-3H2,(H,13,16)(H,14,15). The molecule has 0 spiro atoms. The molecule has 2 heterocycles. The van der Waals surface area contributed by atoms with Crippen molar-refractivity contribution in [3.05, 3.63) is 28.2 Å². The number of thioether (sulfide) groups is 1. The molecule has 1 aromatic carbocycles. The predicted molar refractivity (Wildman–Crippen MR) is 67.2 cm³/mol. The molecule has 6 heteroatoms. The van der Waals surface area contributed by atoms with Crippen molar-refractivity contribution in [2.45, 2.75) is 23.7 Å². The number of H-pyrrole nitrogens is 1. The number of carboxylic acid groups (broad SMARTS) is 1. The lowest BCUT2D eigenvalue weighted by atomic mass is 9.92. The highest BCUT2D eigenvalue weighted by molar-refractivity contribution is 7.99. The monoisotopic (exact) mass is 265 g/mol. The van der Waals surface area contributed by atoms with Gasteiger partial charge in [0.05, 0.1) is 11.9 Å². The zero-order chi connectivity index (χ0) is 12.7. The topological polar surface area (TPSA) is 83.3 Å². The number of aromatic amines is 1. The lowest BCUT2D eigenvalue weighted by molar-refractivity contribution is -0.137. The van der Waals surface area contributed by atoms with E-state index >= 15 is 0 Å². The Labute approximate surface area is 106 Å². The second-order valence-corrected chi connectivity index (χ2v) is 5.47. The molecule has 94 valence electrons. The molecule has 0 aliphatic carbocycles. The van der Waals surface area contributed by atoms with E-state index in [-0.39, 0.29) is 12.3 Å². The van der Waals surface area contributed by atoms with Crippen molar-refractivity contribution >= 4 is 28.8 Å². The number of oxazole rings is 1. The average molecular weight is 265 g/mol. The number of fused-ring (bicyclic) bond motifs is 2. The van der Waals surface area contributed by atoms with Crippen LogP contribution < -0.4 is 5.76 Å². The van der Waals surface area contributed by atoms with Gasteiger partial charge >= 0.3 is 11.7 Å². The highest BCUT2D eigenvalue weighted by Crippen LogP contribution is 2.40. The molecule has 0 radical (unpaired) electrons. The van der Waals surface area contributed by atoms with Crippen molar-refractivity contribution in [2.75, 3.05) is 5.75 Å². The van der Waals surface area contributed by atoms with Crippen LogP contribution in [0.15, 0.2) is 26.2 Å². The summed E-state index contributed by atoms with van der Waals surface area (Å²) in [5.41, 5.74) is 2.16. The first-order valence-corrected chi connectivity index (χ1v) is 6.63. The lowest BCUT2D eigenvalue weighted by Crippen LogP contribution is -2.12. The summed E-state index contributed by atoms with van der Waals surface area (Å²) in [6, 6.07) is 3.66. The van der Waals surface area contributed by atoms with Gasteiger partial charge in [0.1, 0.15) is 0 Å². The van der Waals surface area contributed by atoms with Gasteiger partial charge in [-0.15, -0.1) is 11.8 Å². The van der Waals surface area contributed by atoms with E-state index < -0.39 is 11.7 Å². The van der Waals surface area contributed by atoms with Crippen molar-refractivity contribution in [1.82, 2.24) is 4.98 Å². The first kappa shape index (κ1) is 11.4. The Hall–Kier alpha value is -1.69. The van der Waals surface area contributed by atoms with Crippen LogP contribution in [0.1, 0.15) is 24.3 Å². The number of hydrogen-bond acceptors (Lipinski definition) is 4. The maximum absolute atomic E-state index is 11.1. The predicted octanol–water partition coefficient (Wildman–Crippen LogP) is 2.18. The van der Waals surface area contributed by atoms with E-state index in [2.05, 4.69) is 4.98 Å².